The van der Waals surface area contributed by atoms with Crippen LogP contribution in [0.2, 0.25) is 0 Å². The molecule has 28 heavy (non-hydrogen) atoms. The largest absolute Gasteiger partial charge is 0.336 e. The number of rotatable bonds is 5. The first-order valence-electron chi connectivity index (χ1n) is 9.19. The van der Waals surface area contributed by atoms with Gasteiger partial charge < -0.3 is 4.52 Å². The number of anilines is 1. The Morgan fingerprint density at radius 1 is 1.29 bits per heavy atom. The molecular formula is C20H18N6O2. The summed E-state index contributed by atoms with van der Waals surface area (Å²) in [6, 6.07) is 11.8. The van der Waals surface area contributed by atoms with Crippen LogP contribution in [0.15, 0.2) is 47.2 Å². The molecule has 1 aliphatic rings. The number of benzene rings is 1. The van der Waals surface area contributed by atoms with Gasteiger partial charge in [0, 0.05) is 11.6 Å². The highest BCUT2D eigenvalue weighted by Crippen LogP contribution is 2.40. The van der Waals surface area contributed by atoms with Crippen molar-refractivity contribution in [3.63, 3.8) is 0 Å². The molecule has 1 saturated carbocycles. The first-order valence-corrected chi connectivity index (χ1v) is 9.19. The zero-order valence-corrected chi connectivity index (χ0v) is 15.3. The molecule has 1 aromatic carbocycles. The second kappa shape index (κ2) is 6.56. The molecule has 8 heteroatoms. The monoisotopic (exact) mass is 374 g/mol. The van der Waals surface area contributed by atoms with E-state index in [9.17, 15) is 4.79 Å². The Labute approximate surface area is 160 Å². The smallest absolute Gasteiger partial charge is 0.259 e. The second-order valence-electron chi connectivity index (χ2n) is 7.02. The number of carbonyl (C=O) groups is 1. The predicted molar refractivity (Wildman–Crippen MR) is 102 cm³/mol. The average Bonchev–Trinajstić information content (AvgIpc) is 3.37. The van der Waals surface area contributed by atoms with Gasteiger partial charge in [-0.15, -0.1) is 5.10 Å². The van der Waals surface area contributed by atoms with Crippen molar-refractivity contribution in [3.05, 3.63) is 65.2 Å². The maximum Gasteiger partial charge on any atom is 0.259 e. The lowest BCUT2D eigenvalue weighted by atomic mass is 10.1. The van der Waals surface area contributed by atoms with Crippen LogP contribution in [-0.2, 0) is 6.54 Å². The number of hydrogen-bond donors (Lipinski definition) is 1. The number of nitrogens with zero attached hydrogens (tertiary/aromatic N) is 5. The van der Waals surface area contributed by atoms with Crippen molar-refractivity contribution in [2.45, 2.75) is 32.2 Å². The highest BCUT2D eigenvalue weighted by molar-refractivity contribution is 6.11. The summed E-state index contributed by atoms with van der Waals surface area (Å²) in [5.41, 5.74) is 3.50. The summed E-state index contributed by atoms with van der Waals surface area (Å²) in [6.07, 6.45) is 3.77. The summed E-state index contributed by atoms with van der Waals surface area (Å²) >= 11 is 0. The molecule has 4 aromatic rings. The van der Waals surface area contributed by atoms with Crippen LogP contribution in [0.25, 0.3) is 11.1 Å². The lowest BCUT2D eigenvalue weighted by Gasteiger charge is -2.05. The number of amides is 1. The number of hydrogen-bond acceptors (Lipinski definition) is 6. The van der Waals surface area contributed by atoms with Gasteiger partial charge in [-0.05, 0) is 31.4 Å². The maximum atomic E-state index is 12.9. The van der Waals surface area contributed by atoms with Gasteiger partial charge in [0.05, 0.1) is 23.2 Å². The van der Waals surface area contributed by atoms with Gasteiger partial charge in [0.15, 0.2) is 0 Å². The molecule has 0 unspecified atom stereocenters. The summed E-state index contributed by atoms with van der Waals surface area (Å²) in [5.74, 6) is 0.357. The van der Waals surface area contributed by atoms with Crippen LogP contribution < -0.4 is 5.32 Å². The van der Waals surface area contributed by atoms with Gasteiger partial charge in [0.2, 0.25) is 5.95 Å². The molecule has 1 N–H and O–H groups in total. The van der Waals surface area contributed by atoms with Gasteiger partial charge in [-0.1, -0.05) is 35.5 Å². The lowest BCUT2D eigenvalue weighted by Crippen LogP contribution is -2.15. The molecule has 3 aromatic heterocycles. The van der Waals surface area contributed by atoms with Crippen LogP contribution in [0.3, 0.4) is 0 Å². The number of pyridine rings is 1. The normalized spacial score (nSPS) is 13.8. The number of fused-ring (bicyclic) bond motifs is 1. The minimum atomic E-state index is -0.293. The van der Waals surface area contributed by atoms with Crippen molar-refractivity contribution in [1.29, 1.82) is 0 Å². The molecular weight excluding hydrogens is 356 g/mol. The minimum absolute atomic E-state index is 0.257. The van der Waals surface area contributed by atoms with E-state index in [-0.39, 0.29) is 11.9 Å². The third-order valence-corrected chi connectivity index (χ3v) is 4.83. The van der Waals surface area contributed by atoms with E-state index in [2.05, 4.69) is 25.5 Å². The lowest BCUT2D eigenvalue weighted by molar-refractivity contribution is 0.102. The van der Waals surface area contributed by atoms with Crippen LogP contribution in [0, 0.1) is 6.92 Å². The van der Waals surface area contributed by atoms with Crippen LogP contribution in [-0.4, -0.2) is 30.8 Å². The predicted octanol–water partition coefficient (Wildman–Crippen LogP) is 3.30. The van der Waals surface area contributed by atoms with E-state index in [1.54, 1.807) is 17.9 Å². The number of nitrogens with one attached hydrogen (secondary N) is 1. The Morgan fingerprint density at radius 3 is 2.89 bits per heavy atom. The molecule has 1 amide bonds. The average molecular weight is 374 g/mol. The topological polar surface area (TPSA) is 98.7 Å². The molecule has 3 heterocycles. The van der Waals surface area contributed by atoms with Crippen LogP contribution in [0.4, 0.5) is 5.95 Å². The highest BCUT2D eigenvalue weighted by atomic mass is 16.5. The Morgan fingerprint density at radius 2 is 2.11 bits per heavy atom. The quantitative estimate of drug-likeness (QED) is 0.575. The first kappa shape index (κ1) is 16.6. The van der Waals surface area contributed by atoms with E-state index >= 15 is 0 Å². The molecule has 1 aliphatic carbocycles. The molecule has 0 aliphatic heterocycles. The zero-order valence-electron chi connectivity index (χ0n) is 15.3. The van der Waals surface area contributed by atoms with Gasteiger partial charge >= 0.3 is 0 Å². The summed E-state index contributed by atoms with van der Waals surface area (Å²) in [6.45, 7) is 2.38. The van der Waals surface area contributed by atoms with E-state index < -0.39 is 0 Å². The van der Waals surface area contributed by atoms with Crippen LogP contribution in [0.5, 0.6) is 0 Å². The molecule has 5 rings (SSSR count). The Bertz CT molecular complexity index is 1160. The van der Waals surface area contributed by atoms with Gasteiger partial charge in [0.1, 0.15) is 6.33 Å². The molecule has 0 atom stereocenters. The zero-order chi connectivity index (χ0) is 19.1. The fraction of sp³-hybridized carbons (Fsp3) is 0.250. The van der Waals surface area contributed by atoms with E-state index in [1.165, 1.54) is 0 Å². The molecule has 0 saturated heterocycles. The van der Waals surface area contributed by atoms with E-state index in [0.29, 0.717) is 34.8 Å². The van der Waals surface area contributed by atoms with E-state index in [4.69, 9.17) is 4.52 Å². The summed E-state index contributed by atoms with van der Waals surface area (Å²) in [5, 5.41) is 11.7. The molecule has 0 spiro atoms. The van der Waals surface area contributed by atoms with Gasteiger partial charge in [-0.3, -0.25) is 10.1 Å². The summed E-state index contributed by atoms with van der Waals surface area (Å²) < 4.78 is 6.99. The molecule has 0 bridgehead atoms. The molecule has 0 radical (unpaired) electrons. The van der Waals surface area contributed by atoms with Crippen LogP contribution >= 0.6 is 0 Å². The fourth-order valence-corrected chi connectivity index (χ4v) is 3.25. The van der Waals surface area contributed by atoms with Crippen LogP contribution in [0.1, 0.15) is 46.1 Å². The van der Waals surface area contributed by atoms with E-state index in [1.807, 2.05) is 36.4 Å². The van der Waals surface area contributed by atoms with Crippen molar-refractivity contribution in [2.24, 2.45) is 0 Å². The molecule has 8 nitrogen and oxygen atoms in total. The van der Waals surface area contributed by atoms with Crippen molar-refractivity contribution >= 4 is 23.0 Å². The minimum Gasteiger partial charge on any atom is -0.336 e. The van der Waals surface area contributed by atoms with Gasteiger partial charge in [-0.25, -0.2) is 14.6 Å². The van der Waals surface area contributed by atoms with E-state index in [0.717, 1.165) is 24.1 Å². The van der Waals surface area contributed by atoms with Gasteiger partial charge in [-0.2, -0.15) is 0 Å². The number of carbonyl (C=O) groups excluding carboxylic acids is 1. The third-order valence-electron chi connectivity index (χ3n) is 4.83. The molecule has 1 fully saturated rings. The fourth-order valence-electron chi connectivity index (χ4n) is 3.25. The summed E-state index contributed by atoms with van der Waals surface area (Å²) in [4.78, 5) is 21.7. The van der Waals surface area contributed by atoms with Crippen molar-refractivity contribution < 1.29 is 9.32 Å². The Kier molecular flexibility index (Phi) is 3.89. The van der Waals surface area contributed by atoms with Crippen molar-refractivity contribution in [1.82, 2.24) is 24.9 Å². The molecule has 140 valence electrons. The summed E-state index contributed by atoms with van der Waals surface area (Å²) in [7, 11) is 0. The number of aryl methyl sites for hydroxylation is 1. The maximum absolute atomic E-state index is 12.9. The third kappa shape index (κ3) is 3.13. The second-order valence-corrected chi connectivity index (χ2v) is 7.02. The van der Waals surface area contributed by atoms with Crippen molar-refractivity contribution in [3.8, 4) is 0 Å². The Balaban J connectivity index is 1.41. The number of aromatic nitrogens is 5. The standard InChI is InChI=1S/C20H18N6O2/c1-12-17-15(9-16(14-7-8-14)22-19(17)28-25-12)18(27)23-20-21-11-26(24-20)10-13-5-3-2-4-6-13/h2-6,9,11,14H,7-8,10H2,1H3,(H,23,24,27). The first-order chi connectivity index (χ1) is 13.7. The highest BCUT2D eigenvalue weighted by Gasteiger charge is 2.28. The van der Waals surface area contributed by atoms with Crippen molar-refractivity contribution in [2.75, 3.05) is 5.32 Å². The van der Waals surface area contributed by atoms with Gasteiger partial charge in [0.25, 0.3) is 11.6 Å². The Hall–Kier alpha value is -3.55. The SMILES string of the molecule is Cc1noc2nc(C3CC3)cc(C(=O)Nc3ncn(Cc4ccccc4)n3)c12.